The molecule has 0 spiro atoms. The van der Waals surface area contributed by atoms with Crippen LogP contribution in [0.15, 0.2) is 24.3 Å². The standard InChI is InChI=1S/C12H17NO/c1-4-10-6-5-7-11(8-10)12(2,3)13-9-14/h5-9H,4H2,1-3H3,(H,13,14). The van der Waals surface area contributed by atoms with Crippen molar-refractivity contribution in [3.63, 3.8) is 0 Å². The first kappa shape index (κ1) is 10.8. The zero-order chi connectivity index (χ0) is 10.6. The van der Waals surface area contributed by atoms with Gasteiger partial charge in [0.25, 0.3) is 0 Å². The van der Waals surface area contributed by atoms with E-state index in [9.17, 15) is 4.79 Å². The molecule has 2 heteroatoms. The molecule has 1 aromatic rings. The highest BCUT2D eigenvalue weighted by atomic mass is 16.1. The summed E-state index contributed by atoms with van der Waals surface area (Å²) in [7, 11) is 0. The van der Waals surface area contributed by atoms with Crippen molar-refractivity contribution in [1.29, 1.82) is 0 Å². The van der Waals surface area contributed by atoms with E-state index in [1.807, 2.05) is 26.0 Å². The molecule has 0 unspecified atom stereocenters. The summed E-state index contributed by atoms with van der Waals surface area (Å²) in [5.41, 5.74) is 2.15. The summed E-state index contributed by atoms with van der Waals surface area (Å²) in [5, 5.41) is 2.81. The minimum absolute atomic E-state index is 0.285. The third-order valence-corrected chi connectivity index (χ3v) is 2.48. The van der Waals surface area contributed by atoms with Crippen LogP contribution in [0, 0.1) is 0 Å². The highest BCUT2D eigenvalue weighted by Gasteiger charge is 2.18. The molecule has 76 valence electrons. The molecule has 0 fully saturated rings. The maximum atomic E-state index is 10.4. The first-order chi connectivity index (χ1) is 6.60. The predicted octanol–water partition coefficient (Wildman–Crippen LogP) is 2.23. The Morgan fingerprint density at radius 1 is 1.43 bits per heavy atom. The van der Waals surface area contributed by atoms with E-state index in [-0.39, 0.29) is 5.54 Å². The molecule has 0 saturated heterocycles. The lowest BCUT2D eigenvalue weighted by Gasteiger charge is -2.24. The van der Waals surface area contributed by atoms with E-state index in [1.54, 1.807) is 0 Å². The van der Waals surface area contributed by atoms with Crippen molar-refractivity contribution in [3.05, 3.63) is 35.4 Å². The minimum atomic E-state index is -0.285. The summed E-state index contributed by atoms with van der Waals surface area (Å²) < 4.78 is 0. The van der Waals surface area contributed by atoms with E-state index >= 15 is 0 Å². The molecular formula is C12H17NO. The van der Waals surface area contributed by atoms with Gasteiger partial charge in [0, 0.05) is 0 Å². The van der Waals surface area contributed by atoms with Gasteiger partial charge in [0.15, 0.2) is 0 Å². The van der Waals surface area contributed by atoms with Gasteiger partial charge in [0.2, 0.25) is 6.41 Å². The van der Waals surface area contributed by atoms with Crippen LogP contribution < -0.4 is 5.32 Å². The van der Waals surface area contributed by atoms with Crippen LogP contribution >= 0.6 is 0 Å². The van der Waals surface area contributed by atoms with Gasteiger partial charge in [-0.1, -0.05) is 31.2 Å². The molecule has 1 aromatic carbocycles. The monoisotopic (exact) mass is 191 g/mol. The van der Waals surface area contributed by atoms with Crippen LogP contribution in [0.1, 0.15) is 31.9 Å². The van der Waals surface area contributed by atoms with Gasteiger partial charge in [-0.15, -0.1) is 0 Å². The van der Waals surface area contributed by atoms with E-state index in [0.717, 1.165) is 18.4 Å². The van der Waals surface area contributed by atoms with Gasteiger partial charge in [-0.3, -0.25) is 4.79 Å². The molecule has 0 aromatic heterocycles. The third kappa shape index (κ3) is 2.34. The fraction of sp³-hybridized carbons (Fsp3) is 0.417. The van der Waals surface area contributed by atoms with Crippen LogP contribution in [0.5, 0.6) is 0 Å². The smallest absolute Gasteiger partial charge is 0.207 e. The van der Waals surface area contributed by atoms with E-state index in [0.29, 0.717) is 0 Å². The Kier molecular flexibility index (Phi) is 3.28. The molecule has 1 N–H and O–H groups in total. The molecule has 0 saturated carbocycles. The lowest BCUT2D eigenvalue weighted by atomic mass is 9.93. The number of rotatable bonds is 4. The second-order valence-corrected chi connectivity index (χ2v) is 3.94. The van der Waals surface area contributed by atoms with E-state index in [1.165, 1.54) is 5.56 Å². The summed E-state index contributed by atoms with van der Waals surface area (Å²) in [6.07, 6.45) is 1.77. The average molecular weight is 191 g/mol. The van der Waals surface area contributed by atoms with E-state index in [4.69, 9.17) is 0 Å². The minimum Gasteiger partial charge on any atom is -0.350 e. The summed E-state index contributed by atoms with van der Waals surface area (Å²) in [6.45, 7) is 6.12. The Labute approximate surface area is 85.3 Å². The maximum Gasteiger partial charge on any atom is 0.207 e. The average Bonchev–Trinajstić information content (AvgIpc) is 2.18. The topological polar surface area (TPSA) is 29.1 Å². The number of hydrogen-bond donors (Lipinski definition) is 1. The van der Waals surface area contributed by atoms with E-state index < -0.39 is 0 Å². The van der Waals surface area contributed by atoms with Crippen molar-refractivity contribution in [3.8, 4) is 0 Å². The second kappa shape index (κ2) is 4.27. The Hall–Kier alpha value is -1.31. The Morgan fingerprint density at radius 2 is 2.14 bits per heavy atom. The van der Waals surface area contributed by atoms with Crippen molar-refractivity contribution >= 4 is 6.41 Å². The van der Waals surface area contributed by atoms with Crippen LogP contribution in [0.2, 0.25) is 0 Å². The van der Waals surface area contributed by atoms with Crippen molar-refractivity contribution < 1.29 is 4.79 Å². The fourth-order valence-corrected chi connectivity index (χ4v) is 1.41. The number of benzene rings is 1. The summed E-state index contributed by atoms with van der Waals surface area (Å²) in [5.74, 6) is 0. The highest BCUT2D eigenvalue weighted by Crippen LogP contribution is 2.20. The van der Waals surface area contributed by atoms with Crippen LogP contribution in [-0.2, 0) is 16.8 Å². The largest absolute Gasteiger partial charge is 0.350 e. The van der Waals surface area contributed by atoms with Crippen molar-refractivity contribution in [1.82, 2.24) is 5.32 Å². The summed E-state index contributed by atoms with van der Waals surface area (Å²) in [6, 6.07) is 8.30. The SMILES string of the molecule is CCc1cccc(C(C)(C)NC=O)c1. The zero-order valence-electron chi connectivity index (χ0n) is 9.00. The Balaban J connectivity index is 2.99. The van der Waals surface area contributed by atoms with Gasteiger partial charge < -0.3 is 5.32 Å². The van der Waals surface area contributed by atoms with Crippen LogP contribution in [0.25, 0.3) is 0 Å². The molecule has 0 aliphatic carbocycles. The van der Waals surface area contributed by atoms with Crippen molar-refractivity contribution in [2.75, 3.05) is 0 Å². The van der Waals surface area contributed by atoms with Gasteiger partial charge in [0.1, 0.15) is 0 Å². The second-order valence-electron chi connectivity index (χ2n) is 3.94. The predicted molar refractivity (Wildman–Crippen MR) is 58.0 cm³/mol. The number of hydrogen-bond acceptors (Lipinski definition) is 1. The number of carbonyl (C=O) groups excluding carboxylic acids is 1. The van der Waals surface area contributed by atoms with Gasteiger partial charge in [-0.05, 0) is 31.4 Å². The molecule has 0 atom stereocenters. The molecule has 0 heterocycles. The molecule has 1 amide bonds. The molecule has 0 bridgehead atoms. The van der Waals surface area contributed by atoms with Gasteiger partial charge in [-0.2, -0.15) is 0 Å². The quantitative estimate of drug-likeness (QED) is 0.726. The summed E-state index contributed by atoms with van der Waals surface area (Å²) in [4.78, 5) is 10.4. The highest BCUT2D eigenvalue weighted by molar-refractivity contribution is 5.49. The third-order valence-electron chi connectivity index (χ3n) is 2.48. The normalized spacial score (nSPS) is 11.1. The number of aryl methyl sites for hydroxylation is 1. The summed E-state index contributed by atoms with van der Waals surface area (Å²) >= 11 is 0. The van der Waals surface area contributed by atoms with Gasteiger partial charge >= 0.3 is 0 Å². The molecule has 0 aliphatic heterocycles. The zero-order valence-corrected chi connectivity index (χ0v) is 9.00. The number of nitrogens with one attached hydrogen (secondary N) is 1. The first-order valence-corrected chi connectivity index (χ1v) is 4.91. The van der Waals surface area contributed by atoms with Crippen LogP contribution in [0.3, 0.4) is 0 Å². The number of amides is 1. The first-order valence-electron chi connectivity index (χ1n) is 4.91. The molecule has 0 aliphatic rings. The van der Waals surface area contributed by atoms with Gasteiger partial charge in [-0.25, -0.2) is 0 Å². The van der Waals surface area contributed by atoms with Crippen LogP contribution in [-0.4, -0.2) is 6.41 Å². The molecular weight excluding hydrogens is 174 g/mol. The molecule has 1 rings (SSSR count). The molecule has 14 heavy (non-hydrogen) atoms. The number of carbonyl (C=O) groups is 1. The fourth-order valence-electron chi connectivity index (χ4n) is 1.41. The van der Waals surface area contributed by atoms with Crippen LogP contribution in [0.4, 0.5) is 0 Å². The lowest BCUT2D eigenvalue weighted by molar-refractivity contribution is -0.111. The lowest BCUT2D eigenvalue weighted by Crippen LogP contribution is -2.35. The Morgan fingerprint density at radius 3 is 2.71 bits per heavy atom. The maximum absolute atomic E-state index is 10.4. The van der Waals surface area contributed by atoms with E-state index in [2.05, 4.69) is 24.4 Å². The van der Waals surface area contributed by atoms with Gasteiger partial charge in [0.05, 0.1) is 5.54 Å². The Bertz CT molecular complexity index is 318. The molecule has 0 radical (unpaired) electrons. The van der Waals surface area contributed by atoms with Crippen molar-refractivity contribution in [2.24, 2.45) is 0 Å². The van der Waals surface area contributed by atoms with Crippen molar-refractivity contribution in [2.45, 2.75) is 32.7 Å². The molecule has 2 nitrogen and oxygen atoms in total.